The third-order valence-electron chi connectivity index (χ3n) is 5.36. The van der Waals surface area contributed by atoms with Crippen LogP contribution >= 0.6 is 0 Å². The SMILES string of the molecule is CC(C)S(=O)(=O)c1ccc(C(=O)N2CCC(C(=O)c3ccc(O)cc3)CC2)cc1. The highest BCUT2D eigenvalue weighted by molar-refractivity contribution is 7.92. The number of benzene rings is 2. The molecule has 0 unspecified atom stereocenters. The predicted molar refractivity (Wildman–Crippen MR) is 110 cm³/mol. The largest absolute Gasteiger partial charge is 0.508 e. The quantitative estimate of drug-likeness (QED) is 0.757. The molecule has 0 aromatic heterocycles. The van der Waals surface area contributed by atoms with Crippen molar-refractivity contribution in [2.24, 2.45) is 5.92 Å². The second-order valence-corrected chi connectivity index (χ2v) is 10.1. The Morgan fingerprint density at radius 1 is 0.931 bits per heavy atom. The van der Waals surface area contributed by atoms with E-state index in [4.69, 9.17) is 0 Å². The number of hydrogen-bond donors (Lipinski definition) is 1. The number of phenolic OH excluding ortho intramolecular Hbond substituents is 1. The molecule has 2 aromatic carbocycles. The van der Waals surface area contributed by atoms with Crippen molar-refractivity contribution in [2.75, 3.05) is 13.1 Å². The maximum Gasteiger partial charge on any atom is 0.253 e. The van der Waals surface area contributed by atoms with E-state index in [9.17, 15) is 23.1 Å². The Morgan fingerprint density at radius 3 is 1.97 bits per heavy atom. The molecule has 1 saturated heterocycles. The van der Waals surface area contributed by atoms with Crippen molar-refractivity contribution in [1.82, 2.24) is 4.90 Å². The number of piperidine rings is 1. The monoisotopic (exact) mass is 415 g/mol. The van der Waals surface area contributed by atoms with Crippen LogP contribution in [0.5, 0.6) is 5.75 Å². The second-order valence-electron chi connectivity index (χ2n) is 7.60. The summed E-state index contributed by atoms with van der Waals surface area (Å²) in [5.74, 6) is -0.161. The molecule has 7 heteroatoms. The summed E-state index contributed by atoms with van der Waals surface area (Å²) in [6.07, 6.45) is 1.15. The molecule has 0 radical (unpaired) electrons. The fraction of sp³-hybridized carbons (Fsp3) is 0.364. The summed E-state index contributed by atoms with van der Waals surface area (Å²) in [6, 6.07) is 12.3. The van der Waals surface area contributed by atoms with Gasteiger partial charge in [-0.05, 0) is 75.2 Å². The summed E-state index contributed by atoms with van der Waals surface area (Å²) in [5.41, 5.74) is 1.01. The number of hydrogen-bond acceptors (Lipinski definition) is 5. The average Bonchev–Trinajstić information content (AvgIpc) is 2.73. The van der Waals surface area contributed by atoms with Crippen molar-refractivity contribution < 1.29 is 23.1 Å². The lowest BCUT2D eigenvalue weighted by atomic mass is 9.88. The van der Waals surface area contributed by atoms with Gasteiger partial charge in [0.15, 0.2) is 15.6 Å². The first kappa shape index (κ1) is 21.0. The summed E-state index contributed by atoms with van der Waals surface area (Å²) >= 11 is 0. The van der Waals surface area contributed by atoms with Crippen LogP contribution in [0, 0.1) is 5.92 Å². The summed E-state index contributed by atoms with van der Waals surface area (Å²) in [4.78, 5) is 27.3. The van der Waals surface area contributed by atoms with Crippen molar-refractivity contribution >= 4 is 21.5 Å². The van der Waals surface area contributed by atoms with Gasteiger partial charge in [0.25, 0.3) is 5.91 Å². The molecule has 0 saturated carbocycles. The third kappa shape index (κ3) is 4.50. The van der Waals surface area contributed by atoms with E-state index < -0.39 is 15.1 Å². The van der Waals surface area contributed by atoms with Gasteiger partial charge in [0, 0.05) is 30.1 Å². The van der Waals surface area contributed by atoms with E-state index in [2.05, 4.69) is 0 Å². The molecule has 0 spiro atoms. The fourth-order valence-electron chi connectivity index (χ4n) is 3.45. The highest BCUT2D eigenvalue weighted by Crippen LogP contribution is 2.24. The van der Waals surface area contributed by atoms with Crippen LogP contribution in [0.3, 0.4) is 0 Å². The highest BCUT2D eigenvalue weighted by Gasteiger charge is 2.28. The van der Waals surface area contributed by atoms with Gasteiger partial charge >= 0.3 is 0 Å². The second kappa shape index (κ2) is 8.37. The number of ketones is 1. The molecule has 2 aromatic rings. The highest BCUT2D eigenvalue weighted by atomic mass is 32.2. The summed E-state index contributed by atoms with van der Waals surface area (Å²) in [5, 5.41) is 8.83. The van der Waals surface area contributed by atoms with Crippen LogP contribution in [-0.4, -0.2) is 48.5 Å². The minimum absolute atomic E-state index is 0.0281. The predicted octanol–water partition coefficient (Wildman–Crippen LogP) is 3.31. The zero-order chi connectivity index (χ0) is 21.2. The molecule has 6 nitrogen and oxygen atoms in total. The first-order valence-electron chi connectivity index (χ1n) is 9.66. The van der Waals surface area contributed by atoms with E-state index in [0.717, 1.165) is 0 Å². The first-order valence-corrected chi connectivity index (χ1v) is 11.2. The number of likely N-dealkylation sites (tertiary alicyclic amines) is 1. The van der Waals surface area contributed by atoms with E-state index in [1.54, 1.807) is 43.0 Å². The zero-order valence-electron chi connectivity index (χ0n) is 16.5. The third-order valence-corrected chi connectivity index (χ3v) is 7.53. The maximum absolute atomic E-state index is 12.7. The lowest BCUT2D eigenvalue weighted by molar-refractivity contribution is 0.0650. The minimum atomic E-state index is -3.37. The van der Waals surface area contributed by atoms with E-state index in [-0.39, 0.29) is 28.3 Å². The number of phenols is 1. The molecule has 0 bridgehead atoms. The Kier molecular flexibility index (Phi) is 6.07. The average molecular weight is 416 g/mol. The van der Waals surface area contributed by atoms with Gasteiger partial charge in [-0.2, -0.15) is 0 Å². The van der Waals surface area contributed by atoms with Crippen molar-refractivity contribution in [1.29, 1.82) is 0 Å². The number of aromatic hydroxyl groups is 1. The molecule has 3 rings (SSSR count). The molecule has 0 atom stereocenters. The molecule has 1 N–H and O–H groups in total. The van der Waals surface area contributed by atoms with Crippen LogP contribution in [0.4, 0.5) is 0 Å². The van der Waals surface area contributed by atoms with Crippen LogP contribution in [0.15, 0.2) is 53.4 Å². The van der Waals surface area contributed by atoms with Gasteiger partial charge in [-0.3, -0.25) is 9.59 Å². The van der Waals surface area contributed by atoms with E-state index in [0.29, 0.717) is 37.1 Å². The van der Waals surface area contributed by atoms with Crippen LogP contribution < -0.4 is 0 Å². The Morgan fingerprint density at radius 2 is 1.45 bits per heavy atom. The Bertz CT molecular complexity index is 987. The number of Topliss-reactive ketones (excluding diaryl/α,β-unsaturated/α-hetero) is 1. The lowest BCUT2D eigenvalue weighted by Gasteiger charge is -2.31. The van der Waals surface area contributed by atoms with Crippen molar-refractivity contribution in [3.8, 4) is 5.75 Å². The fourth-order valence-corrected chi connectivity index (χ4v) is 4.51. The molecule has 0 aliphatic carbocycles. The van der Waals surface area contributed by atoms with Gasteiger partial charge < -0.3 is 10.0 Å². The van der Waals surface area contributed by atoms with E-state index in [1.807, 2.05) is 0 Å². The van der Waals surface area contributed by atoms with Gasteiger partial charge in [0.05, 0.1) is 10.1 Å². The smallest absolute Gasteiger partial charge is 0.253 e. The van der Waals surface area contributed by atoms with E-state index in [1.165, 1.54) is 24.3 Å². The molecule has 1 aliphatic rings. The first-order chi connectivity index (χ1) is 13.7. The summed E-state index contributed by atoms with van der Waals surface area (Å²) < 4.78 is 24.4. The number of carbonyl (C=O) groups excluding carboxylic acids is 2. The molecule has 1 aliphatic heterocycles. The molecular formula is C22H25NO5S. The standard InChI is InChI=1S/C22H25NO5S/c1-15(2)29(27,28)20-9-5-18(6-10-20)22(26)23-13-11-17(12-14-23)21(25)16-3-7-19(24)8-4-16/h3-10,15,17,24H,11-14H2,1-2H3. The van der Waals surface area contributed by atoms with Crippen molar-refractivity contribution in [2.45, 2.75) is 36.8 Å². The van der Waals surface area contributed by atoms with Crippen molar-refractivity contribution in [3.63, 3.8) is 0 Å². The molecule has 1 fully saturated rings. The van der Waals surface area contributed by atoms with Gasteiger partial charge in [0.1, 0.15) is 5.75 Å². The Hall–Kier alpha value is -2.67. The molecule has 1 heterocycles. The number of rotatable bonds is 5. The lowest BCUT2D eigenvalue weighted by Crippen LogP contribution is -2.40. The number of carbonyl (C=O) groups is 2. The Labute approximate surface area is 171 Å². The number of amides is 1. The van der Waals surface area contributed by atoms with Gasteiger partial charge in [-0.15, -0.1) is 0 Å². The molecule has 154 valence electrons. The van der Waals surface area contributed by atoms with Crippen LogP contribution in [0.25, 0.3) is 0 Å². The van der Waals surface area contributed by atoms with Crippen LogP contribution in [0.1, 0.15) is 47.4 Å². The van der Waals surface area contributed by atoms with Crippen LogP contribution in [-0.2, 0) is 9.84 Å². The van der Waals surface area contributed by atoms with Gasteiger partial charge in [-0.1, -0.05) is 0 Å². The van der Waals surface area contributed by atoms with Crippen LogP contribution in [0.2, 0.25) is 0 Å². The number of nitrogens with zero attached hydrogens (tertiary/aromatic N) is 1. The molecule has 1 amide bonds. The zero-order valence-corrected chi connectivity index (χ0v) is 17.4. The van der Waals surface area contributed by atoms with E-state index >= 15 is 0 Å². The normalized spacial score (nSPS) is 15.5. The summed E-state index contributed by atoms with van der Waals surface area (Å²) in [6.45, 7) is 4.19. The van der Waals surface area contributed by atoms with Crippen molar-refractivity contribution in [3.05, 3.63) is 59.7 Å². The topological polar surface area (TPSA) is 91.8 Å². The number of sulfone groups is 1. The van der Waals surface area contributed by atoms with Gasteiger partial charge in [-0.25, -0.2) is 8.42 Å². The van der Waals surface area contributed by atoms with Gasteiger partial charge in [0.2, 0.25) is 0 Å². The summed E-state index contributed by atoms with van der Waals surface area (Å²) in [7, 11) is -3.37. The maximum atomic E-state index is 12.7. The molecule has 29 heavy (non-hydrogen) atoms. The molecular weight excluding hydrogens is 390 g/mol. The Balaban J connectivity index is 1.63. The minimum Gasteiger partial charge on any atom is -0.508 e.